The maximum Gasteiger partial charge on any atom is 0.410 e. The quantitative estimate of drug-likeness (QED) is 0.627. The second kappa shape index (κ2) is 10.8. The molecular formula is C26H29N5O4. The van der Waals surface area contributed by atoms with E-state index in [4.69, 9.17) is 19.9 Å². The van der Waals surface area contributed by atoms with Gasteiger partial charge >= 0.3 is 6.09 Å². The molecule has 182 valence electrons. The summed E-state index contributed by atoms with van der Waals surface area (Å²) in [6.07, 6.45) is 2.07. The summed E-state index contributed by atoms with van der Waals surface area (Å²) in [6.45, 7) is 7.08. The first kappa shape index (κ1) is 25.5. The highest BCUT2D eigenvalue weighted by Gasteiger charge is 2.55. The van der Waals surface area contributed by atoms with Crippen LogP contribution in [0.4, 0.5) is 4.79 Å². The molecule has 0 bridgehead atoms. The number of hydrogen-bond acceptors (Lipinski definition) is 8. The van der Waals surface area contributed by atoms with E-state index in [-0.39, 0.29) is 31.0 Å². The van der Waals surface area contributed by atoms with E-state index in [9.17, 15) is 20.6 Å². The predicted octanol–water partition coefficient (Wildman–Crippen LogP) is 3.76. The summed E-state index contributed by atoms with van der Waals surface area (Å²) in [4.78, 5) is 14.0. The third kappa shape index (κ3) is 4.48. The van der Waals surface area contributed by atoms with Crippen molar-refractivity contribution in [3.8, 4) is 29.7 Å². The van der Waals surface area contributed by atoms with Crippen LogP contribution in [0.2, 0.25) is 0 Å². The summed E-state index contributed by atoms with van der Waals surface area (Å²) in [5, 5.41) is 30.4. The van der Waals surface area contributed by atoms with E-state index in [1.165, 1.54) is 4.90 Å². The lowest BCUT2D eigenvalue weighted by atomic mass is 9.58. The number of rotatable bonds is 7. The highest BCUT2D eigenvalue weighted by molar-refractivity contribution is 5.69. The number of nitrogens with two attached hydrogens (primary N) is 1. The Hall–Kier alpha value is -4.16. The van der Waals surface area contributed by atoms with Gasteiger partial charge < -0.3 is 24.8 Å². The highest BCUT2D eigenvalue weighted by atomic mass is 16.6. The second-order valence-corrected chi connectivity index (χ2v) is 8.27. The number of carbonyl (C=O) groups is 1. The molecule has 0 spiro atoms. The first-order valence-electron chi connectivity index (χ1n) is 11.7. The van der Waals surface area contributed by atoms with E-state index in [1.54, 1.807) is 31.2 Å². The average Bonchev–Trinajstić information content (AvgIpc) is 2.87. The van der Waals surface area contributed by atoms with Gasteiger partial charge in [-0.3, -0.25) is 0 Å². The lowest BCUT2D eigenvalue weighted by Gasteiger charge is -2.45. The van der Waals surface area contributed by atoms with Crippen molar-refractivity contribution in [3.63, 3.8) is 0 Å². The topological polar surface area (TPSA) is 145 Å². The van der Waals surface area contributed by atoms with Crippen molar-refractivity contribution in [2.24, 2.45) is 17.1 Å². The number of ether oxygens (including phenoxy) is 3. The van der Waals surface area contributed by atoms with Crippen LogP contribution in [0.15, 0.2) is 41.1 Å². The molecule has 1 aromatic carbocycles. The lowest BCUT2D eigenvalue weighted by Crippen LogP contribution is -2.49. The van der Waals surface area contributed by atoms with Gasteiger partial charge in [-0.2, -0.15) is 15.8 Å². The van der Waals surface area contributed by atoms with Crippen molar-refractivity contribution < 1.29 is 19.0 Å². The summed E-state index contributed by atoms with van der Waals surface area (Å²) in [6, 6.07) is 11.6. The van der Waals surface area contributed by atoms with Gasteiger partial charge in [-0.15, -0.1) is 0 Å². The van der Waals surface area contributed by atoms with Crippen molar-refractivity contribution in [2.45, 2.75) is 33.1 Å². The van der Waals surface area contributed by atoms with Gasteiger partial charge in [-0.05, 0) is 43.5 Å². The summed E-state index contributed by atoms with van der Waals surface area (Å²) in [5.74, 6) is -0.259. The van der Waals surface area contributed by atoms with E-state index < -0.39 is 23.3 Å². The molecule has 1 heterocycles. The SMILES string of the molecule is CCCOc1ccc([C@@H]2[C@H]3CN(C(=O)OCC)CC=C3C(C#N)=C(N)C2(C#N)C#N)cc1OCC. The predicted molar refractivity (Wildman–Crippen MR) is 127 cm³/mol. The first-order valence-corrected chi connectivity index (χ1v) is 11.7. The Bertz CT molecular complexity index is 1150. The second-order valence-electron chi connectivity index (χ2n) is 8.27. The summed E-state index contributed by atoms with van der Waals surface area (Å²) >= 11 is 0. The van der Waals surface area contributed by atoms with Crippen molar-refractivity contribution >= 4 is 6.09 Å². The van der Waals surface area contributed by atoms with Crippen molar-refractivity contribution in [1.29, 1.82) is 15.8 Å². The van der Waals surface area contributed by atoms with Crippen LogP contribution >= 0.6 is 0 Å². The molecule has 1 amide bonds. The molecular weight excluding hydrogens is 446 g/mol. The van der Waals surface area contributed by atoms with Crippen LogP contribution in [0.5, 0.6) is 11.5 Å². The van der Waals surface area contributed by atoms with E-state index >= 15 is 0 Å². The van der Waals surface area contributed by atoms with Crippen LogP contribution in [0.1, 0.15) is 38.7 Å². The average molecular weight is 476 g/mol. The minimum absolute atomic E-state index is 0.0774. The molecule has 0 aromatic heterocycles. The number of nitrogens with zero attached hydrogens (tertiary/aromatic N) is 4. The van der Waals surface area contributed by atoms with Crippen molar-refractivity contribution in [2.75, 3.05) is 32.9 Å². The molecule has 1 aliphatic heterocycles. The first-order chi connectivity index (χ1) is 16.9. The fourth-order valence-corrected chi connectivity index (χ4v) is 4.74. The van der Waals surface area contributed by atoms with Gasteiger partial charge in [0.1, 0.15) is 6.07 Å². The van der Waals surface area contributed by atoms with Gasteiger partial charge in [-0.1, -0.05) is 19.1 Å². The number of hydrogen-bond donors (Lipinski definition) is 1. The monoisotopic (exact) mass is 475 g/mol. The molecule has 9 heteroatoms. The molecule has 0 radical (unpaired) electrons. The van der Waals surface area contributed by atoms with Gasteiger partial charge in [0.05, 0.1) is 43.2 Å². The molecule has 1 aliphatic carbocycles. The maximum absolute atomic E-state index is 12.5. The molecule has 3 rings (SSSR count). The molecule has 1 aromatic rings. The molecule has 0 saturated carbocycles. The zero-order valence-electron chi connectivity index (χ0n) is 20.2. The summed E-state index contributed by atoms with van der Waals surface area (Å²) in [5.41, 5.74) is 5.84. The zero-order valence-corrected chi connectivity index (χ0v) is 20.2. The van der Waals surface area contributed by atoms with Gasteiger partial charge in [-0.25, -0.2) is 4.79 Å². The number of amides is 1. The van der Waals surface area contributed by atoms with Gasteiger partial charge in [0.2, 0.25) is 0 Å². The van der Waals surface area contributed by atoms with Gasteiger partial charge in [0.25, 0.3) is 0 Å². The number of nitriles is 3. The van der Waals surface area contributed by atoms with E-state index in [1.807, 2.05) is 13.8 Å². The van der Waals surface area contributed by atoms with Crippen molar-refractivity contribution in [3.05, 3.63) is 46.7 Å². The number of fused-ring (bicyclic) bond motifs is 1. The Labute approximate surface area is 205 Å². The van der Waals surface area contributed by atoms with E-state index in [2.05, 4.69) is 18.2 Å². The van der Waals surface area contributed by atoms with E-state index in [0.29, 0.717) is 35.8 Å². The third-order valence-corrected chi connectivity index (χ3v) is 6.28. The number of allylic oxidation sites excluding steroid dienone is 2. The Morgan fingerprint density at radius 3 is 2.49 bits per heavy atom. The number of carbonyl (C=O) groups excluding carboxylic acids is 1. The van der Waals surface area contributed by atoms with Crippen LogP contribution < -0.4 is 15.2 Å². The molecule has 2 atom stereocenters. The maximum atomic E-state index is 12.5. The summed E-state index contributed by atoms with van der Waals surface area (Å²) in [7, 11) is 0. The Morgan fingerprint density at radius 2 is 1.89 bits per heavy atom. The van der Waals surface area contributed by atoms with Gasteiger partial charge in [0, 0.05) is 24.9 Å². The Morgan fingerprint density at radius 1 is 1.14 bits per heavy atom. The van der Waals surface area contributed by atoms with Crippen LogP contribution in [-0.4, -0.2) is 43.9 Å². The zero-order chi connectivity index (χ0) is 25.6. The molecule has 0 saturated heterocycles. The molecule has 9 nitrogen and oxygen atoms in total. The van der Waals surface area contributed by atoms with Crippen LogP contribution in [0.25, 0.3) is 0 Å². The molecule has 35 heavy (non-hydrogen) atoms. The smallest absolute Gasteiger partial charge is 0.410 e. The van der Waals surface area contributed by atoms with Crippen LogP contribution in [0, 0.1) is 45.3 Å². The Balaban J connectivity index is 2.22. The minimum atomic E-state index is -1.82. The standard InChI is InChI=1S/C26H29N5O4/c1-4-11-35-21-8-7-17(12-22(21)33-5-2)23-20-14-31(25(32)34-6-3)10-9-18(20)19(13-27)24(30)26(23,15-28)16-29/h7-9,12,20,23H,4-6,10-11,14,30H2,1-3H3/t20-,23+/m0/s1. The minimum Gasteiger partial charge on any atom is -0.490 e. The van der Waals surface area contributed by atoms with Gasteiger partial charge in [0.15, 0.2) is 16.9 Å². The van der Waals surface area contributed by atoms with E-state index in [0.717, 1.165) is 6.42 Å². The fourth-order valence-electron chi connectivity index (χ4n) is 4.74. The molecule has 2 N–H and O–H groups in total. The highest BCUT2D eigenvalue weighted by Crippen LogP contribution is 2.54. The van der Waals surface area contributed by atoms with Crippen LogP contribution in [-0.2, 0) is 4.74 Å². The summed E-state index contributed by atoms with van der Waals surface area (Å²) < 4.78 is 16.8. The fraction of sp³-hybridized carbons (Fsp3) is 0.462. The Kier molecular flexibility index (Phi) is 7.89. The lowest BCUT2D eigenvalue weighted by molar-refractivity contribution is 0.0999. The third-order valence-electron chi connectivity index (χ3n) is 6.28. The number of benzene rings is 1. The molecule has 2 aliphatic rings. The van der Waals surface area contributed by atoms with Crippen molar-refractivity contribution in [1.82, 2.24) is 4.90 Å². The van der Waals surface area contributed by atoms with Crippen LogP contribution in [0.3, 0.4) is 0 Å². The largest absolute Gasteiger partial charge is 0.490 e. The molecule has 0 fully saturated rings. The normalized spacial score (nSPS) is 20.5. The molecule has 0 unspecified atom stereocenters.